The summed E-state index contributed by atoms with van der Waals surface area (Å²) in [5.74, 6) is 2.71. The average molecular weight is 380 g/mol. The van der Waals surface area contributed by atoms with E-state index < -0.39 is 0 Å². The van der Waals surface area contributed by atoms with Gasteiger partial charge in [-0.2, -0.15) is 5.10 Å². The van der Waals surface area contributed by atoms with Gasteiger partial charge in [0.05, 0.1) is 39.8 Å². The monoisotopic (exact) mass is 380 g/mol. The van der Waals surface area contributed by atoms with Crippen LogP contribution in [0.2, 0.25) is 0 Å². The standard InChI is InChI=1S/C22H24N2O4/c1-25-18-10-8-16(9-11-18)19-14-17(23-24-19)7-5-6-15-12-20(26-2)22(28-4)21(13-15)27-3/h5,7-14H,6H2,1-4H3,(H,23,24)/b7-5+. The van der Waals surface area contributed by atoms with Crippen molar-refractivity contribution in [2.24, 2.45) is 0 Å². The molecule has 1 heterocycles. The van der Waals surface area contributed by atoms with Crippen LogP contribution in [0.1, 0.15) is 11.3 Å². The van der Waals surface area contributed by atoms with Crippen LogP contribution in [0, 0.1) is 0 Å². The number of aromatic amines is 1. The number of hydrogen-bond acceptors (Lipinski definition) is 5. The molecule has 6 nitrogen and oxygen atoms in total. The topological polar surface area (TPSA) is 65.6 Å². The lowest BCUT2D eigenvalue weighted by Crippen LogP contribution is -1.96. The molecule has 0 saturated heterocycles. The zero-order chi connectivity index (χ0) is 19.9. The minimum absolute atomic E-state index is 0.593. The van der Waals surface area contributed by atoms with Crippen molar-refractivity contribution in [3.63, 3.8) is 0 Å². The summed E-state index contributed by atoms with van der Waals surface area (Å²) in [5.41, 5.74) is 3.90. The van der Waals surface area contributed by atoms with Gasteiger partial charge in [-0.25, -0.2) is 0 Å². The molecular formula is C22H24N2O4. The van der Waals surface area contributed by atoms with Crippen molar-refractivity contribution < 1.29 is 18.9 Å². The van der Waals surface area contributed by atoms with Crippen molar-refractivity contribution in [2.45, 2.75) is 6.42 Å². The molecule has 3 rings (SSSR count). The fourth-order valence-corrected chi connectivity index (χ4v) is 2.91. The molecule has 0 aliphatic carbocycles. The lowest BCUT2D eigenvalue weighted by molar-refractivity contribution is 0.324. The van der Waals surface area contributed by atoms with Gasteiger partial charge in [-0.1, -0.05) is 6.08 Å². The largest absolute Gasteiger partial charge is 0.497 e. The van der Waals surface area contributed by atoms with E-state index in [0.717, 1.165) is 28.3 Å². The van der Waals surface area contributed by atoms with E-state index in [-0.39, 0.29) is 0 Å². The highest BCUT2D eigenvalue weighted by Crippen LogP contribution is 2.38. The minimum atomic E-state index is 0.593. The highest BCUT2D eigenvalue weighted by atomic mass is 16.5. The van der Waals surface area contributed by atoms with Crippen LogP contribution >= 0.6 is 0 Å². The van der Waals surface area contributed by atoms with Crippen LogP contribution in [0.3, 0.4) is 0 Å². The van der Waals surface area contributed by atoms with Crippen molar-refractivity contribution >= 4 is 6.08 Å². The Morgan fingerprint density at radius 1 is 0.857 bits per heavy atom. The van der Waals surface area contributed by atoms with Crippen molar-refractivity contribution in [1.29, 1.82) is 0 Å². The van der Waals surface area contributed by atoms with E-state index in [9.17, 15) is 0 Å². The Bertz CT molecular complexity index is 920. The SMILES string of the molecule is COc1ccc(-c2cc(/C=C/Cc3cc(OC)c(OC)c(OC)c3)[nH]n2)cc1. The molecule has 6 heteroatoms. The lowest BCUT2D eigenvalue weighted by Gasteiger charge is -2.13. The van der Waals surface area contributed by atoms with E-state index in [1.807, 2.05) is 48.5 Å². The lowest BCUT2D eigenvalue weighted by atomic mass is 10.1. The molecule has 0 radical (unpaired) electrons. The number of methoxy groups -OCH3 is 4. The molecule has 0 aliphatic rings. The zero-order valence-corrected chi connectivity index (χ0v) is 16.5. The van der Waals surface area contributed by atoms with Crippen molar-refractivity contribution in [2.75, 3.05) is 28.4 Å². The number of ether oxygens (including phenoxy) is 4. The van der Waals surface area contributed by atoms with Crippen LogP contribution in [-0.4, -0.2) is 38.6 Å². The third-order valence-corrected chi connectivity index (χ3v) is 4.36. The van der Waals surface area contributed by atoms with E-state index >= 15 is 0 Å². The summed E-state index contributed by atoms with van der Waals surface area (Å²) < 4.78 is 21.3. The van der Waals surface area contributed by atoms with E-state index in [2.05, 4.69) is 16.3 Å². The molecule has 3 aromatic rings. The molecule has 0 spiro atoms. The first-order chi connectivity index (χ1) is 13.7. The zero-order valence-electron chi connectivity index (χ0n) is 16.5. The van der Waals surface area contributed by atoms with Crippen LogP contribution in [0.25, 0.3) is 17.3 Å². The smallest absolute Gasteiger partial charge is 0.203 e. The molecule has 0 bridgehead atoms. The van der Waals surface area contributed by atoms with Crippen LogP contribution in [0.15, 0.2) is 48.5 Å². The van der Waals surface area contributed by atoms with Crippen molar-refractivity contribution in [1.82, 2.24) is 10.2 Å². The van der Waals surface area contributed by atoms with Gasteiger partial charge in [0, 0.05) is 5.56 Å². The van der Waals surface area contributed by atoms with Crippen LogP contribution in [0.5, 0.6) is 23.0 Å². The molecule has 0 saturated carbocycles. The van der Waals surface area contributed by atoms with Gasteiger partial charge in [-0.05, 0) is 60.5 Å². The first-order valence-electron chi connectivity index (χ1n) is 8.83. The minimum Gasteiger partial charge on any atom is -0.497 e. The van der Waals surface area contributed by atoms with Crippen molar-refractivity contribution in [3.8, 4) is 34.3 Å². The summed E-state index contributed by atoms with van der Waals surface area (Å²) in [6, 6.07) is 13.7. The normalized spacial score (nSPS) is 10.9. The molecule has 1 N–H and O–H groups in total. The number of allylic oxidation sites excluding steroid dienone is 1. The van der Waals surface area contributed by atoms with E-state index in [0.29, 0.717) is 23.7 Å². The van der Waals surface area contributed by atoms with Gasteiger partial charge in [0.25, 0.3) is 0 Å². The predicted octanol–water partition coefficient (Wildman–Crippen LogP) is 4.37. The molecule has 146 valence electrons. The number of aromatic nitrogens is 2. The maximum absolute atomic E-state index is 5.40. The van der Waals surface area contributed by atoms with E-state index in [1.165, 1.54) is 0 Å². The summed E-state index contributed by atoms with van der Waals surface area (Å²) in [6.07, 6.45) is 4.78. The molecule has 0 unspecified atom stereocenters. The molecule has 0 aliphatic heterocycles. The highest BCUT2D eigenvalue weighted by molar-refractivity contribution is 5.63. The number of H-pyrrole nitrogens is 1. The maximum Gasteiger partial charge on any atom is 0.203 e. The van der Waals surface area contributed by atoms with Gasteiger partial charge in [-0.3, -0.25) is 5.10 Å². The number of nitrogens with one attached hydrogen (secondary N) is 1. The average Bonchev–Trinajstić information content (AvgIpc) is 3.21. The summed E-state index contributed by atoms with van der Waals surface area (Å²) >= 11 is 0. The van der Waals surface area contributed by atoms with Gasteiger partial charge < -0.3 is 18.9 Å². The molecule has 2 aromatic carbocycles. The van der Waals surface area contributed by atoms with E-state index in [1.54, 1.807) is 28.4 Å². The predicted molar refractivity (Wildman–Crippen MR) is 109 cm³/mol. The van der Waals surface area contributed by atoms with Gasteiger partial charge in [0.1, 0.15) is 5.75 Å². The first-order valence-corrected chi connectivity index (χ1v) is 8.83. The number of nitrogens with zero attached hydrogens (tertiary/aromatic N) is 1. The molecule has 0 fully saturated rings. The second kappa shape index (κ2) is 8.99. The second-order valence-corrected chi connectivity index (χ2v) is 6.08. The summed E-state index contributed by atoms with van der Waals surface area (Å²) in [5, 5.41) is 7.42. The van der Waals surface area contributed by atoms with Crippen LogP contribution in [0.4, 0.5) is 0 Å². The Kier molecular flexibility index (Phi) is 6.22. The fraction of sp³-hybridized carbons (Fsp3) is 0.227. The van der Waals surface area contributed by atoms with Crippen LogP contribution in [-0.2, 0) is 6.42 Å². The summed E-state index contributed by atoms with van der Waals surface area (Å²) in [4.78, 5) is 0. The second-order valence-electron chi connectivity index (χ2n) is 6.08. The Morgan fingerprint density at radius 3 is 2.11 bits per heavy atom. The third-order valence-electron chi connectivity index (χ3n) is 4.36. The third kappa shape index (κ3) is 4.28. The van der Waals surface area contributed by atoms with Gasteiger partial charge in [0.2, 0.25) is 5.75 Å². The molecular weight excluding hydrogens is 356 g/mol. The van der Waals surface area contributed by atoms with Crippen LogP contribution < -0.4 is 18.9 Å². The molecule has 1 aromatic heterocycles. The van der Waals surface area contributed by atoms with Gasteiger partial charge >= 0.3 is 0 Å². The molecule has 0 amide bonds. The van der Waals surface area contributed by atoms with Gasteiger partial charge in [-0.15, -0.1) is 0 Å². The number of benzene rings is 2. The quantitative estimate of drug-likeness (QED) is 0.629. The van der Waals surface area contributed by atoms with E-state index in [4.69, 9.17) is 18.9 Å². The Morgan fingerprint density at radius 2 is 1.54 bits per heavy atom. The first kappa shape index (κ1) is 19.4. The van der Waals surface area contributed by atoms with Gasteiger partial charge in [0.15, 0.2) is 11.5 Å². The maximum atomic E-state index is 5.40. The number of hydrogen-bond donors (Lipinski definition) is 1. The Balaban J connectivity index is 1.72. The number of rotatable bonds is 8. The summed E-state index contributed by atoms with van der Waals surface area (Å²) in [7, 11) is 6.48. The summed E-state index contributed by atoms with van der Waals surface area (Å²) in [6.45, 7) is 0. The Labute approximate surface area is 164 Å². The highest BCUT2D eigenvalue weighted by Gasteiger charge is 2.12. The van der Waals surface area contributed by atoms with Crippen molar-refractivity contribution in [3.05, 3.63) is 59.8 Å². The Hall–Kier alpha value is -3.41. The fourth-order valence-electron chi connectivity index (χ4n) is 2.91. The molecule has 28 heavy (non-hydrogen) atoms. The molecule has 0 atom stereocenters.